The molecule has 104 valence electrons. The van der Waals surface area contributed by atoms with Crippen molar-refractivity contribution in [3.63, 3.8) is 0 Å². The Morgan fingerprint density at radius 3 is 2.48 bits per heavy atom. The van der Waals surface area contributed by atoms with Crippen molar-refractivity contribution in [2.75, 3.05) is 0 Å². The molecule has 2 unspecified atom stereocenters. The molecule has 0 amide bonds. The van der Waals surface area contributed by atoms with Crippen molar-refractivity contribution < 1.29 is 4.42 Å². The predicted molar refractivity (Wildman–Crippen MR) is 79.1 cm³/mol. The quantitative estimate of drug-likeness (QED) is 0.731. The van der Waals surface area contributed by atoms with E-state index in [1.165, 1.54) is 5.56 Å². The van der Waals surface area contributed by atoms with Crippen molar-refractivity contribution in [2.45, 2.75) is 18.3 Å². The van der Waals surface area contributed by atoms with Crippen LogP contribution in [0, 0.1) is 0 Å². The predicted octanol–water partition coefficient (Wildman–Crippen LogP) is 4.06. The van der Waals surface area contributed by atoms with Crippen LogP contribution in [0.4, 0.5) is 0 Å². The summed E-state index contributed by atoms with van der Waals surface area (Å²) < 4.78 is 5.79. The van der Waals surface area contributed by atoms with E-state index in [-0.39, 0.29) is 0 Å². The van der Waals surface area contributed by atoms with E-state index in [0.29, 0.717) is 23.6 Å². The van der Waals surface area contributed by atoms with Crippen LogP contribution in [0.1, 0.15) is 29.7 Å². The van der Waals surface area contributed by atoms with Gasteiger partial charge in [-0.25, -0.2) is 0 Å². The highest BCUT2D eigenvalue weighted by Gasteiger charge is 2.43. The molecule has 0 N–H and O–H groups in total. The maximum atomic E-state index is 5.92. The summed E-state index contributed by atoms with van der Waals surface area (Å²) in [5, 5.41) is 9.07. The molecule has 1 aliphatic rings. The average molecular weight is 298 g/mol. The maximum Gasteiger partial charge on any atom is 0.247 e. The van der Waals surface area contributed by atoms with Gasteiger partial charge in [0, 0.05) is 28.9 Å². The lowest BCUT2D eigenvalue weighted by molar-refractivity contribution is 0.505. The summed E-state index contributed by atoms with van der Waals surface area (Å²) in [6, 6.07) is 11.7. The van der Waals surface area contributed by atoms with Gasteiger partial charge < -0.3 is 4.42 Å². The molecule has 4 rings (SSSR count). The summed E-state index contributed by atoms with van der Waals surface area (Å²) >= 11 is 5.92. The lowest BCUT2D eigenvalue weighted by atomic mass is 10.1. The maximum absolute atomic E-state index is 5.92. The van der Waals surface area contributed by atoms with Gasteiger partial charge in [0.25, 0.3) is 0 Å². The number of pyridine rings is 1. The van der Waals surface area contributed by atoms with E-state index >= 15 is 0 Å². The second-order valence-electron chi connectivity index (χ2n) is 5.18. The molecule has 5 heteroatoms. The summed E-state index contributed by atoms with van der Waals surface area (Å²) in [7, 11) is 0. The molecular weight excluding hydrogens is 286 g/mol. The summed E-state index contributed by atoms with van der Waals surface area (Å²) in [4.78, 5) is 3.98. The number of benzene rings is 1. The molecule has 3 aromatic rings. The van der Waals surface area contributed by atoms with Crippen LogP contribution in [0.2, 0.25) is 5.02 Å². The van der Waals surface area contributed by atoms with Gasteiger partial charge in [0.05, 0.1) is 0 Å². The van der Waals surface area contributed by atoms with Crippen LogP contribution in [0.15, 0.2) is 53.2 Å². The van der Waals surface area contributed by atoms with Crippen LogP contribution in [0.5, 0.6) is 0 Å². The summed E-state index contributed by atoms with van der Waals surface area (Å²) in [6.07, 6.45) is 4.47. The zero-order valence-electron chi connectivity index (χ0n) is 11.1. The van der Waals surface area contributed by atoms with Crippen molar-refractivity contribution in [1.82, 2.24) is 15.2 Å². The van der Waals surface area contributed by atoms with Gasteiger partial charge in [-0.2, -0.15) is 0 Å². The van der Waals surface area contributed by atoms with E-state index in [4.69, 9.17) is 16.0 Å². The molecule has 2 aromatic heterocycles. The van der Waals surface area contributed by atoms with Gasteiger partial charge in [0.2, 0.25) is 11.8 Å². The zero-order valence-corrected chi connectivity index (χ0v) is 11.9. The number of hydrogen-bond donors (Lipinski definition) is 0. The minimum atomic E-state index is 0.314. The average Bonchev–Trinajstić information content (AvgIpc) is 3.17. The first-order valence-corrected chi connectivity index (χ1v) is 7.18. The van der Waals surface area contributed by atoms with Crippen molar-refractivity contribution in [3.8, 4) is 11.5 Å². The first kappa shape index (κ1) is 12.5. The molecule has 21 heavy (non-hydrogen) atoms. The molecule has 0 bridgehead atoms. The SMILES string of the molecule is Clc1ccc(C2CC2c2nnc(-c3ccncc3)o2)cc1. The molecule has 1 fully saturated rings. The topological polar surface area (TPSA) is 51.8 Å². The van der Waals surface area contributed by atoms with E-state index in [1.54, 1.807) is 12.4 Å². The molecule has 2 atom stereocenters. The minimum Gasteiger partial charge on any atom is -0.420 e. The van der Waals surface area contributed by atoms with Crippen LogP contribution in [-0.2, 0) is 0 Å². The Kier molecular flexibility index (Phi) is 2.97. The van der Waals surface area contributed by atoms with Gasteiger partial charge in [0.15, 0.2) is 0 Å². The van der Waals surface area contributed by atoms with Gasteiger partial charge in [-0.3, -0.25) is 4.98 Å². The third kappa shape index (κ3) is 2.43. The first-order chi connectivity index (χ1) is 10.3. The number of aromatic nitrogens is 3. The minimum absolute atomic E-state index is 0.314. The fourth-order valence-corrected chi connectivity index (χ4v) is 2.67. The Morgan fingerprint density at radius 1 is 0.952 bits per heavy atom. The Morgan fingerprint density at radius 2 is 1.71 bits per heavy atom. The first-order valence-electron chi connectivity index (χ1n) is 6.80. The van der Waals surface area contributed by atoms with Crippen LogP contribution >= 0.6 is 11.6 Å². The van der Waals surface area contributed by atoms with E-state index in [9.17, 15) is 0 Å². The Bertz CT molecular complexity index is 755. The highest BCUT2D eigenvalue weighted by Crippen LogP contribution is 2.54. The molecular formula is C16H12ClN3O. The summed E-state index contributed by atoms with van der Waals surface area (Å²) in [6.45, 7) is 0. The van der Waals surface area contributed by atoms with E-state index in [0.717, 1.165) is 17.0 Å². The molecule has 0 aliphatic heterocycles. The Hall–Kier alpha value is -2.20. The number of nitrogens with zero attached hydrogens (tertiary/aromatic N) is 3. The zero-order chi connectivity index (χ0) is 14.2. The van der Waals surface area contributed by atoms with Crippen molar-refractivity contribution in [2.24, 2.45) is 0 Å². The lowest BCUT2D eigenvalue weighted by Gasteiger charge is -1.98. The molecule has 1 aliphatic carbocycles. The largest absolute Gasteiger partial charge is 0.420 e. The van der Waals surface area contributed by atoms with Crippen LogP contribution < -0.4 is 0 Å². The molecule has 0 radical (unpaired) electrons. The molecule has 4 nitrogen and oxygen atoms in total. The third-order valence-corrected chi connectivity index (χ3v) is 4.03. The fraction of sp³-hybridized carbons (Fsp3) is 0.188. The van der Waals surface area contributed by atoms with Gasteiger partial charge in [-0.05, 0) is 42.2 Å². The smallest absolute Gasteiger partial charge is 0.247 e. The fourth-order valence-electron chi connectivity index (χ4n) is 2.54. The highest BCUT2D eigenvalue weighted by molar-refractivity contribution is 6.30. The number of halogens is 1. The van der Waals surface area contributed by atoms with Crippen LogP contribution in [-0.4, -0.2) is 15.2 Å². The molecule has 2 heterocycles. The molecule has 1 saturated carbocycles. The second-order valence-corrected chi connectivity index (χ2v) is 5.62. The van der Waals surface area contributed by atoms with E-state index in [2.05, 4.69) is 27.3 Å². The normalized spacial score (nSPS) is 20.4. The van der Waals surface area contributed by atoms with Crippen molar-refractivity contribution >= 4 is 11.6 Å². The Balaban J connectivity index is 1.54. The highest BCUT2D eigenvalue weighted by atomic mass is 35.5. The monoisotopic (exact) mass is 297 g/mol. The van der Waals surface area contributed by atoms with E-state index < -0.39 is 0 Å². The second kappa shape index (κ2) is 4.97. The third-order valence-electron chi connectivity index (χ3n) is 3.77. The van der Waals surface area contributed by atoms with Gasteiger partial charge in [0.1, 0.15) is 0 Å². The number of hydrogen-bond acceptors (Lipinski definition) is 4. The molecule has 1 aromatic carbocycles. The summed E-state index contributed by atoms with van der Waals surface area (Å²) in [5.41, 5.74) is 2.17. The lowest BCUT2D eigenvalue weighted by Crippen LogP contribution is -1.84. The van der Waals surface area contributed by atoms with Crippen LogP contribution in [0.25, 0.3) is 11.5 Å². The number of rotatable bonds is 3. The van der Waals surface area contributed by atoms with Gasteiger partial charge >= 0.3 is 0 Å². The Labute approximate surface area is 126 Å². The van der Waals surface area contributed by atoms with Crippen LogP contribution in [0.3, 0.4) is 0 Å². The van der Waals surface area contributed by atoms with Gasteiger partial charge in [-0.15, -0.1) is 10.2 Å². The van der Waals surface area contributed by atoms with Gasteiger partial charge in [-0.1, -0.05) is 23.7 Å². The molecule has 0 saturated heterocycles. The van der Waals surface area contributed by atoms with Crippen molar-refractivity contribution in [3.05, 3.63) is 65.3 Å². The van der Waals surface area contributed by atoms with Crippen molar-refractivity contribution in [1.29, 1.82) is 0 Å². The van der Waals surface area contributed by atoms with E-state index in [1.807, 2.05) is 24.3 Å². The standard InChI is InChI=1S/C16H12ClN3O/c17-12-3-1-10(2-4-12)13-9-14(13)16-20-19-15(21-16)11-5-7-18-8-6-11/h1-8,13-14H,9H2. The molecule has 0 spiro atoms. The summed E-state index contributed by atoms with van der Waals surface area (Å²) in [5.74, 6) is 2.03.